The first-order valence-electron chi connectivity index (χ1n) is 20.7. The van der Waals surface area contributed by atoms with E-state index >= 15 is 0 Å². The molecule has 0 spiro atoms. The van der Waals surface area contributed by atoms with E-state index in [4.69, 9.17) is 0 Å². The van der Waals surface area contributed by atoms with Gasteiger partial charge in [0.2, 0.25) is 0 Å². The van der Waals surface area contributed by atoms with E-state index in [-0.39, 0.29) is 14.9 Å². The summed E-state index contributed by atoms with van der Waals surface area (Å²) in [5, 5.41) is 10.5. The Bertz CT molecular complexity index is 2480. The molecule has 0 bridgehead atoms. The Kier molecular flexibility index (Phi) is 11.5. The van der Waals surface area contributed by atoms with Crippen molar-refractivity contribution in [3.63, 3.8) is 0 Å². The summed E-state index contributed by atoms with van der Waals surface area (Å²) >= 11 is 0. The normalized spacial score (nSPS) is 22.8. The minimum absolute atomic E-state index is 0. The zero-order valence-corrected chi connectivity index (χ0v) is 32.8. The Morgan fingerprint density at radius 3 is 1.03 bits per heavy atom. The summed E-state index contributed by atoms with van der Waals surface area (Å²) < 4.78 is 6.75. The molecule has 3 saturated heterocycles. The van der Waals surface area contributed by atoms with E-state index in [0.717, 1.165) is 89.7 Å². The van der Waals surface area contributed by atoms with Crippen LogP contribution in [-0.2, 0) is 0 Å². The molecule has 9 aromatic rings. The van der Waals surface area contributed by atoms with Gasteiger partial charge in [-0.1, -0.05) is 54.9 Å². The van der Waals surface area contributed by atoms with E-state index in [1.807, 2.05) is 55.8 Å². The molecule has 3 aliphatic heterocycles. The van der Waals surface area contributed by atoms with Crippen molar-refractivity contribution in [1.29, 1.82) is 0 Å². The first-order chi connectivity index (χ1) is 28.1. The van der Waals surface area contributed by atoms with Gasteiger partial charge in [0, 0.05) is 91.7 Å². The van der Waals surface area contributed by atoms with Gasteiger partial charge in [-0.05, 0) is 55.6 Å². The third-order valence-electron chi connectivity index (χ3n) is 12.9. The van der Waals surface area contributed by atoms with Crippen LogP contribution in [0.2, 0.25) is 0 Å². The Hall–Kier alpha value is -5.64. The van der Waals surface area contributed by atoms with E-state index < -0.39 is 0 Å². The van der Waals surface area contributed by atoms with Gasteiger partial charge in [0.25, 0.3) is 0 Å². The fourth-order valence-corrected chi connectivity index (χ4v) is 9.79. The molecule has 0 saturated carbocycles. The van der Waals surface area contributed by atoms with Crippen molar-refractivity contribution in [2.75, 3.05) is 39.3 Å². The molecule has 0 amide bonds. The van der Waals surface area contributed by atoms with Gasteiger partial charge in [-0.3, -0.25) is 13.2 Å². The molecule has 15 heteroatoms. The van der Waals surface area contributed by atoms with Crippen LogP contribution in [0.5, 0.6) is 0 Å². The molecule has 3 unspecified atom stereocenters. The fourth-order valence-electron chi connectivity index (χ4n) is 9.79. The molecule has 310 valence electrons. The molecular formula is C44H59N15. The Morgan fingerprint density at radius 2 is 0.746 bits per heavy atom. The molecule has 0 radical (unpaired) electrons. The molecule has 6 atom stereocenters. The van der Waals surface area contributed by atoms with Crippen molar-refractivity contribution in [2.45, 2.75) is 72.6 Å². The van der Waals surface area contributed by atoms with E-state index in [2.05, 4.69) is 113 Å². The van der Waals surface area contributed by atoms with Gasteiger partial charge in [0.1, 0.15) is 0 Å². The molecule has 12 heterocycles. The molecule has 59 heavy (non-hydrogen) atoms. The van der Waals surface area contributed by atoms with Crippen molar-refractivity contribution >= 4 is 50.4 Å². The predicted octanol–water partition coefficient (Wildman–Crippen LogP) is 7.04. The smallest absolute Gasteiger partial charge is 0.156 e. The summed E-state index contributed by atoms with van der Waals surface area (Å²) in [6.45, 7) is 13.2. The van der Waals surface area contributed by atoms with Crippen LogP contribution in [0.15, 0.2) is 74.0 Å². The molecule has 6 N–H and O–H groups in total. The summed E-state index contributed by atoms with van der Waals surface area (Å²) in [6.07, 6.45) is 21.0. The highest BCUT2D eigenvalue weighted by Gasteiger charge is 2.32. The van der Waals surface area contributed by atoms with Gasteiger partial charge in [-0.2, -0.15) is 0 Å². The highest BCUT2D eigenvalue weighted by molar-refractivity contribution is 5.76. The van der Waals surface area contributed by atoms with E-state index in [9.17, 15) is 0 Å². The van der Waals surface area contributed by atoms with Crippen LogP contribution in [0.1, 0.15) is 89.7 Å². The van der Waals surface area contributed by atoms with Crippen molar-refractivity contribution in [1.82, 2.24) is 74.0 Å². The maximum absolute atomic E-state index is 4.52. The van der Waals surface area contributed by atoms with Crippen LogP contribution in [0, 0.1) is 17.8 Å². The maximum Gasteiger partial charge on any atom is 0.156 e. The fraction of sp³-hybridized carbons (Fsp3) is 0.455. The lowest BCUT2D eigenvalue weighted by Gasteiger charge is -2.16. The third-order valence-corrected chi connectivity index (χ3v) is 12.9. The Balaban J connectivity index is 0.000000121. The highest BCUT2D eigenvalue weighted by Crippen LogP contribution is 2.34. The summed E-state index contributed by atoms with van der Waals surface area (Å²) in [4.78, 5) is 36.3. The first-order valence-corrected chi connectivity index (χ1v) is 20.7. The number of hydrogen-bond donors (Lipinski definition) is 6. The van der Waals surface area contributed by atoms with Crippen molar-refractivity contribution < 1.29 is 0 Å². The zero-order valence-electron chi connectivity index (χ0n) is 32.8. The standard InChI is InChI=1S/3C14H17N5.2CH4/c3*1-2-9-5-15-6-10(9)12-7-17-13-8-18-14-11(19(12)13)3-4-16-14;;/h3*3-4,7-10,15-16H,2,5-6H2,1H3;2*1H4/t3*9-,10?;;/m111../s1. The van der Waals surface area contributed by atoms with E-state index in [1.54, 1.807) is 0 Å². The average molecular weight is 798 g/mol. The first kappa shape index (κ1) is 40.2. The molecule has 0 aromatic carbocycles. The number of H-pyrrole nitrogens is 3. The second kappa shape index (κ2) is 16.9. The van der Waals surface area contributed by atoms with E-state index in [0.29, 0.717) is 35.5 Å². The number of nitrogens with zero attached hydrogens (tertiary/aromatic N) is 9. The number of imidazole rings is 3. The zero-order chi connectivity index (χ0) is 38.5. The number of aromatic amines is 3. The van der Waals surface area contributed by atoms with Crippen LogP contribution in [0.25, 0.3) is 50.4 Å². The minimum atomic E-state index is 0. The van der Waals surface area contributed by atoms with Gasteiger partial charge in [-0.15, -0.1) is 0 Å². The Labute approximate surface area is 344 Å². The molecule has 3 aliphatic rings. The van der Waals surface area contributed by atoms with Crippen LogP contribution < -0.4 is 16.0 Å². The predicted molar refractivity (Wildman–Crippen MR) is 236 cm³/mol. The molecule has 0 aliphatic carbocycles. The van der Waals surface area contributed by atoms with Crippen LogP contribution in [0.4, 0.5) is 0 Å². The number of hydrogen-bond acceptors (Lipinski definition) is 9. The number of rotatable bonds is 6. The maximum atomic E-state index is 4.52. The lowest BCUT2D eigenvalue weighted by Crippen LogP contribution is -2.12. The van der Waals surface area contributed by atoms with Gasteiger partial charge in [0.05, 0.1) is 35.1 Å². The molecular weight excluding hydrogens is 739 g/mol. The summed E-state index contributed by atoms with van der Waals surface area (Å²) in [6, 6.07) is 6.22. The highest BCUT2D eigenvalue weighted by atomic mass is 15.1. The molecule has 3 fully saturated rings. The number of nitrogens with one attached hydrogen (secondary N) is 6. The summed E-state index contributed by atoms with van der Waals surface area (Å²) in [7, 11) is 0. The van der Waals surface area contributed by atoms with Gasteiger partial charge in [0.15, 0.2) is 33.9 Å². The second-order valence-electron chi connectivity index (χ2n) is 15.8. The Morgan fingerprint density at radius 1 is 0.441 bits per heavy atom. The van der Waals surface area contributed by atoms with Crippen LogP contribution >= 0.6 is 0 Å². The summed E-state index contributed by atoms with van der Waals surface area (Å²) in [5.41, 5.74) is 12.8. The van der Waals surface area contributed by atoms with Gasteiger partial charge in [-0.25, -0.2) is 29.9 Å². The lowest BCUT2D eigenvalue weighted by atomic mass is 9.91. The minimum Gasteiger partial charge on any atom is -0.345 e. The summed E-state index contributed by atoms with van der Waals surface area (Å²) in [5.74, 6) is 3.72. The topological polar surface area (TPSA) is 174 Å². The largest absolute Gasteiger partial charge is 0.345 e. The van der Waals surface area contributed by atoms with Crippen LogP contribution in [-0.4, -0.2) is 97.3 Å². The SMILES string of the molecule is C.C.CC[C@@H]1CNCC1c1cnc2cnc3[nH]ccc3n12.CC[C@@H]1CNCC1c1cnc2cnc3[nH]ccc3n12.CC[C@@H]1CNCC1c1cnc2cnc3[nH]ccc3n12. The number of aromatic nitrogens is 12. The van der Waals surface area contributed by atoms with Crippen molar-refractivity contribution in [3.8, 4) is 0 Å². The molecule has 12 rings (SSSR count). The third kappa shape index (κ3) is 6.94. The van der Waals surface area contributed by atoms with Gasteiger partial charge < -0.3 is 30.9 Å². The number of fused-ring (bicyclic) bond motifs is 9. The van der Waals surface area contributed by atoms with Crippen LogP contribution in [0.3, 0.4) is 0 Å². The molecule has 9 aromatic heterocycles. The van der Waals surface area contributed by atoms with Gasteiger partial charge >= 0.3 is 0 Å². The van der Waals surface area contributed by atoms with Crippen molar-refractivity contribution in [2.24, 2.45) is 17.8 Å². The average Bonchev–Trinajstić information content (AvgIpc) is 4.09. The monoisotopic (exact) mass is 798 g/mol. The van der Waals surface area contributed by atoms with E-state index in [1.165, 1.54) is 36.3 Å². The van der Waals surface area contributed by atoms with Crippen molar-refractivity contribution in [3.05, 3.63) is 91.1 Å². The quantitative estimate of drug-likeness (QED) is 0.103. The lowest BCUT2D eigenvalue weighted by molar-refractivity contribution is 0.493. The molecule has 15 nitrogen and oxygen atoms in total. The second-order valence-corrected chi connectivity index (χ2v) is 15.8.